The van der Waals surface area contributed by atoms with E-state index in [1.165, 1.54) is 5.69 Å². The van der Waals surface area contributed by atoms with Crippen molar-refractivity contribution in [3.05, 3.63) is 35.4 Å². The number of aryl methyl sites for hydroxylation is 2. The van der Waals surface area contributed by atoms with Crippen molar-refractivity contribution in [2.75, 3.05) is 38.7 Å². The van der Waals surface area contributed by atoms with Gasteiger partial charge in [0.1, 0.15) is 0 Å². The Kier molecular flexibility index (Phi) is 5.11. The van der Waals surface area contributed by atoms with Crippen molar-refractivity contribution in [1.29, 1.82) is 0 Å². The molecule has 1 aliphatic heterocycles. The van der Waals surface area contributed by atoms with Crippen LogP contribution in [0.2, 0.25) is 0 Å². The number of rotatable bonds is 5. The quantitative estimate of drug-likeness (QED) is 0.822. The maximum atomic E-state index is 5.92. The molecular formula is C17H26N6O. The summed E-state index contributed by atoms with van der Waals surface area (Å²) >= 11 is 0. The molecule has 0 amide bonds. The molecule has 0 saturated carbocycles. The second-order valence-corrected chi connectivity index (χ2v) is 6.62. The van der Waals surface area contributed by atoms with Crippen molar-refractivity contribution in [3.63, 3.8) is 0 Å². The van der Waals surface area contributed by atoms with Crippen molar-refractivity contribution in [2.45, 2.75) is 33.0 Å². The van der Waals surface area contributed by atoms with Gasteiger partial charge in [-0.25, -0.2) is 9.97 Å². The molecule has 7 nitrogen and oxygen atoms in total. The summed E-state index contributed by atoms with van der Waals surface area (Å²) < 4.78 is 7.96. The van der Waals surface area contributed by atoms with E-state index >= 15 is 0 Å². The van der Waals surface area contributed by atoms with Crippen LogP contribution in [0, 0.1) is 13.8 Å². The zero-order chi connectivity index (χ0) is 17.1. The van der Waals surface area contributed by atoms with Crippen molar-refractivity contribution >= 4 is 5.95 Å². The van der Waals surface area contributed by atoms with Gasteiger partial charge >= 0.3 is 0 Å². The molecule has 130 valence electrons. The highest BCUT2D eigenvalue weighted by molar-refractivity contribution is 5.26. The van der Waals surface area contributed by atoms with Crippen molar-refractivity contribution < 1.29 is 4.74 Å². The van der Waals surface area contributed by atoms with Crippen LogP contribution in [0.5, 0.6) is 0 Å². The summed E-state index contributed by atoms with van der Waals surface area (Å²) in [6.07, 6.45) is 3.99. The fourth-order valence-corrected chi connectivity index (χ4v) is 3.01. The lowest BCUT2D eigenvalue weighted by Crippen LogP contribution is -2.44. The molecule has 0 bridgehead atoms. The topological polar surface area (TPSA) is 59.3 Å². The predicted molar refractivity (Wildman–Crippen MR) is 93.1 cm³/mol. The van der Waals surface area contributed by atoms with E-state index in [0.29, 0.717) is 0 Å². The van der Waals surface area contributed by atoms with Gasteiger partial charge in [-0.2, -0.15) is 5.10 Å². The fraction of sp³-hybridized carbons (Fsp3) is 0.588. The molecule has 1 unspecified atom stereocenters. The van der Waals surface area contributed by atoms with Gasteiger partial charge < -0.3 is 9.64 Å². The predicted octanol–water partition coefficient (Wildman–Crippen LogP) is 1.26. The van der Waals surface area contributed by atoms with Gasteiger partial charge in [-0.05, 0) is 19.9 Å². The van der Waals surface area contributed by atoms with Crippen LogP contribution in [0.1, 0.15) is 17.0 Å². The summed E-state index contributed by atoms with van der Waals surface area (Å²) in [5, 5.41) is 4.53. The molecule has 0 N–H and O–H groups in total. The van der Waals surface area contributed by atoms with Crippen molar-refractivity contribution in [3.8, 4) is 0 Å². The third kappa shape index (κ3) is 4.10. The number of anilines is 1. The van der Waals surface area contributed by atoms with Gasteiger partial charge in [0.05, 0.1) is 24.9 Å². The number of ether oxygens (including phenoxy) is 1. The molecule has 1 aliphatic rings. The Morgan fingerprint density at radius 3 is 2.62 bits per heavy atom. The largest absolute Gasteiger partial charge is 0.374 e. The van der Waals surface area contributed by atoms with Gasteiger partial charge in [0, 0.05) is 57.4 Å². The lowest BCUT2D eigenvalue weighted by Gasteiger charge is -2.33. The smallest absolute Gasteiger partial charge is 0.224 e. The van der Waals surface area contributed by atoms with E-state index in [4.69, 9.17) is 4.74 Å². The molecule has 3 heterocycles. The molecule has 0 radical (unpaired) electrons. The lowest BCUT2D eigenvalue weighted by atomic mass is 10.2. The summed E-state index contributed by atoms with van der Waals surface area (Å²) in [7, 11) is 3.89. The Bertz CT molecular complexity index is 666. The highest BCUT2D eigenvalue weighted by Crippen LogP contribution is 2.13. The number of aromatic nitrogens is 4. The van der Waals surface area contributed by atoms with Gasteiger partial charge in [-0.1, -0.05) is 0 Å². The second-order valence-electron chi connectivity index (χ2n) is 6.62. The molecule has 2 aromatic rings. The monoisotopic (exact) mass is 330 g/mol. The van der Waals surface area contributed by atoms with Crippen LogP contribution in [-0.2, 0) is 17.8 Å². The van der Waals surface area contributed by atoms with E-state index in [2.05, 4.69) is 33.0 Å². The third-order valence-electron chi connectivity index (χ3n) is 4.20. The molecule has 1 atom stereocenters. The first-order valence-corrected chi connectivity index (χ1v) is 8.34. The zero-order valence-corrected chi connectivity index (χ0v) is 14.9. The molecule has 1 saturated heterocycles. The highest BCUT2D eigenvalue weighted by atomic mass is 16.5. The van der Waals surface area contributed by atoms with E-state index in [0.717, 1.165) is 50.0 Å². The minimum Gasteiger partial charge on any atom is -0.374 e. The summed E-state index contributed by atoms with van der Waals surface area (Å²) in [4.78, 5) is 13.1. The molecule has 3 rings (SSSR count). The van der Waals surface area contributed by atoms with E-state index in [1.54, 1.807) is 0 Å². The zero-order valence-electron chi connectivity index (χ0n) is 14.9. The van der Waals surface area contributed by atoms with Crippen molar-refractivity contribution in [2.24, 2.45) is 0 Å². The van der Waals surface area contributed by atoms with Crippen LogP contribution in [-0.4, -0.2) is 64.5 Å². The second kappa shape index (κ2) is 7.27. The number of nitrogens with zero attached hydrogens (tertiary/aromatic N) is 6. The first kappa shape index (κ1) is 16.9. The summed E-state index contributed by atoms with van der Waals surface area (Å²) in [5.74, 6) is 0.739. The molecule has 0 aliphatic carbocycles. The third-order valence-corrected chi connectivity index (χ3v) is 4.20. The average Bonchev–Trinajstić information content (AvgIpc) is 2.86. The van der Waals surface area contributed by atoms with E-state index in [9.17, 15) is 0 Å². The van der Waals surface area contributed by atoms with E-state index < -0.39 is 0 Å². The maximum Gasteiger partial charge on any atom is 0.224 e. The van der Waals surface area contributed by atoms with Gasteiger partial charge in [-0.15, -0.1) is 0 Å². The Labute approximate surface area is 143 Å². The van der Waals surface area contributed by atoms with E-state index in [1.807, 2.05) is 43.0 Å². The lowest BCUT2D eigenvalue weighted by molar-refractivity contribution is -0.0405. The molecule has 1 fully saturated rings. The van der Waals surface area contributed by atoms with Crippen LogP contribution in [0.3, 0.4) is 0 Å². The van der Waals surface area contributed by atoms with E-state index in [-0.39, 0.29) is 6.10 Å². The van der Waals surface area contributed by atoms with Gasteiger partial charge in [-0.3, -0.25) is 9.58 Å². The summed E-state index contributed by atoms with van der Waals surface area (Å²) in [6.45, 7) is 8.34. The van der Waals surface area contributed by atoms with Gasteiger partial charge in [0.25, 0.3) is 0 Å². The minimum absolute atomic E-state index is 0.165. The summed E-state index contributed by atoms with van der Waals surface area (Å²) in [5.41, 5.74) is 3.37. The van der Waals surface area contributed by atoms with Crippen LogP contribution < -0.4 is 4.90 Å². The number of hydrogen-bond donors (Lipinski definition) is 0. The minimum atomic E-state index is 0.165. The summed E-state index contributed by atoms with van der Waals surface area (Å²) in [6, 6.07) is 2.10. The highest BCUT2D eigenvalue weighted by Gasteiger charge is 2.22. The Morgan fingerprint density at radius 1 is 1.25 bits per heavy atom. The van der Waals surface area contributed by atoms with Crippen LogP contribution in [0.4, 0.5) is 5.95 Å². The number of morpholine rings is 1. The average molecular weight is 330 g/mol. The van der Waals surface area contributed by atoms with Crippen molar-refractivity contribution in [1.82, 2.24) is 24.6 Å². The van der Waals surface area contributed by atoms with Crippen LogP contribution >= 0.6 is 0 Å². The Hall–Kier alpha value is -1.99. The van der Waals surface area contributed by atoms with Gasteiger partial charge in [0.2, 0.25) is 5.95 Å². The molecule has 24 heavy (non-hydrogen) atoms. The first-order chi connectivity index (χ1) is 11.5. The Balaban J connectivity index is 1.58. The molecule has 0 aromatic carbocycles. The van der Waals surface area contributed by atoms with Crippen LogP contribution in [0.15, 0.2) is 18.5 Å². The number of hydrogen-bond acceptors (Lipinski definition) is 6. The fourth-order valence-electron chi connectivity index (χ4n) is 3.01. The normalized spacial score (nSPS) is 18.8. The standard InChI is InChI=1S/C17H26N6O/c1-13-7-14(2)23(20-13)12-16-11-22(5-6-24-16)10-15-8-18-17(19-9-15)21(3)4/h7-9,16H,5-6,10-12H2,1-4H3. The molecular weight excluding hydrogens is 304 g/mol. The molecule has 0 spiro atoms. The van der Waals surface area contributed by atoms with Gasteiger partial charge in [0.15, 0.2) is 0 Å². The van der Waals surface area contributed by atoms with Crippen LogP contribution in [0.25, 0.3) is 0 Å². The molecule has 2 aromatic heterocycles. The Morgan fingerprint density at radius 2 is 2.00 bits per heavy atom. The molecule has 7 heteroatoms. The first-order valence-electron chi connectivity index (χ1n) is 8.34. The maximum absolute atomic E-state index is 5.92. The SMILES string of the molecule is Cc1cc(C)n(CC2CN(Cc3cnc(N(C)C)nc3)CCO2)n1.